The van der Waals surface area contributed by atoms with Gasteiger partial charge in [-0.05, 0) is 57.7 Å². The highest BCUT2D eigenvalue weighted by Gasteiger charge is 2.20. The van der Waals surface area contributed by atoms with Crippen LogP contribution in [0.2, 0.25) is 0 Å². The summed E-state index contributed by atoms with van der Waals surface area (Å²) in [5.74, 6) is 1.33. The van der Waals surface area contributed by atoms with Crippen molar-refractivity contribution in [1.82, 2.24) is 0 Å². The summed E-state index contributed by atoms with van der Waals surface area (Å²) >= 11 is 0. The van der Waals surface area contributed by atoms with Crippen LogP contribution in [0.15, 0.2) is 6.07 Å². The van der Waals surface area contributed by atoms with E-state index in [-0.39, 0.29) is 5.60 Å². The molecule has 1 N–H and O–H groups in total. The van der Waals surface area contributed by atoms with Crippen molar-refractivity contribution in [2.24, 2.45) is 0 Å². The molecule has 0 bridgehead atoms. The second kappa shape index (κ2) is 4.99. The molecule has 0 aliphatic rings. The molecule has 0 radical (unpaired) electrons. The van der Waals surface area contributed by atoms with E-state index in [1.807, 2.05) is 33.8 Å². The van der Waals surface area contributed by atoms with Gasteiger partial charge >= 0.3 is 0 Å². The maximum atomic E-state index is 9.91. The highest BCUT2D eigenvalue weighted by molar-refractivity contribution is 5.53. The van der Waals surface area contributed by atoms with Gasteiger partial charge in [0.2, 0.25) is 0 Å². The standard InChI is InChI=1S/C15H24O2/c1-7-11-9-13(16)10(3)12(8-2)14(11)17-15(4,5)6/h9,16H,7-8H2,1-6H3. The van der Waals surface area contributed by atoms with Crippen LogP contribution in [0.1, 0.15) is 51.3 Å². The fourth-order valence-electron chi connectivity index (χ4n) is 1.98. The van der Waals surface area contributed by atoms with E-state index in [9.17, 15) is 5.11 Å². The molecule has 0 atom stereocenters. The number of hydrogen-bond acceptors (Lipinski definition) is 2. The Kier molecular flexibility index (Phi) is 4.07. The van der Waals surface area contributed by atoms with E-state index in [1.165, 1.54) is 0 Å². The number of ether oxygens (including phenoxy) is 1. The Morgan fingerprint density at radius 3 is 2.18 bits per heavy atom. The molecular formula is C15H24O2. The normalized spacial score (nSPS) is 11.6. The third kappa shape index (κ3) is 3.15. The molecule has 0 aromatic heterocycles. The van der Waals surface area contributed by atoms with Crippen LogP contribution in [0, 0.1) is 6.92 Å². The quantitative estimate of drug-likeness (QED) is 0.859. The Morgan fingerprint density at radius 1 is 1.18 bits per heavy atom. The average molecular weight is 236 g/mol. The molecule has 0 amide bonds. The first-order valence-corrected chi connectivity index (χ1v) is 6.33. The van der Waals surface area contributed by atoms with Gasteiger partial charge in [0.25, 0.3) is 0 Å². The van der Waals surface area contributed by atoms with Crippen LogP contribution in [0.25, 0.3) is 0 Å². The molecule has 1 aromatic rings. The monoisotopic (exact) mass is 236 g/mol. The molecule has 0 heterocycles. The fraction of sp³-hybridized carbons (Fsp3) is 0.600. The Labute approximate surface area is 105 Å². The second-order valence-corrected chi connectivity index (χ2v) is 5.41. The maximum absolute atomic E-state index is 9.91. The molecule has 0 saturated carbocycles. The van der Waals surface area contributed by atoms with Gasteiger partial charge in [-0.2, -0.15) is 0 Å². The first kappa shape index (κ1) is 13.9. The van der Waals surface area contributed by atoms with Gasteiger partial charge in [0.05, 0.1) is 0 Å². The van der Waals surface area contributed by atoms with Crippen LogP contribution in [-0.4, -0.2) is 10.7 Å². The minimum atomic E-state index is -0.211. The Bertz CT molecular complexity index is 400. The molecule has 0 spiro atoms. The van der Waals surface area contributed by atoms with Gasteiger partial charge in [-0.15, -0.1) is 0 Å². The first-order chi connectivity index (χ1) is 7.80. The lowest BCUT2D eigenvalue weighted by molar-refractivity contribution is 0.127. The predicted octanol–water partition coefficient (Wildman–Crippen LogP) is 4.00. The zero-order valence-corrected chi connectivity index (χ0v) is 11.8. The van der Waals surface area contributed by atoms with Gasteiger partial charge in [-0.3, -0.25) is 0 Å². The van der Waals surface area contributed by atoms with Crippen molar-refractivity contribution in [3.8, 4) is 11.5 Å². The summed E-state index contributed by atoms with van der Waals surface area (Å²) in [5, 5.41) is 9.91. The largest absolute Gasteiger partial charge is 0.508 e. The molecule has 17 heavy (non-hydrogen) atoms. The third-order valence-corrected chi connectivity index (χ3v) is 2.86. The van der Waals surface area contributed by atoms with Gasteiger partial charge in [0.1, 0.15) is 17.1 Å². The van der Waals surface area contributed by atoms with Crippen molar-refractivity contribution in [2.45, 2.75) is 60.0 Å². The minimum absolute atomic E-state index is 0.211. The lowest BCUT2D eigenvalue weighted by Gasteiger charge is -2.26. The number of phenolic OH excluding ortho intramolecular Hbond substituents is 1. The highest BCUT2D eigenvalue weighted by atomic mass is 16.5. The molecule has 0 unspecified atom stereocenters. The topological polar surface area (TPSA) is 29.5 Å². The van der Waals surface area contributed by atoms with E-state index < -0.39 is 0 Å². The van der Waals surface area contributed by atoms with Gasteiger partial charge in [-0.1, -0.05) is 13.8 Å². The van der Waals surface area contributed by atoms with Gasteiger partial charge in [0, 0.05) is 5.56 Å². The van der Waals surface area contributed by atoms with Gasteiger partial charge < -0.3 is 9.84 Å². The fourth-order valence-corrected chi connectivity index (χ4v) is 1.98. The Balaban J connectivity index is 3.38. The summed E-state index contributed by atoms with van der Waals surface area (Å²) in [5.41, 5.74) is 2.93. The lowest BCUT2D eigenvalue weighted by Crippen LogP contribution is -2.24. The van der Waals surface area contributed by atoms with E-state index in [2.05, 4.69) is 13.8 Å². The summed E-state index contributed by atoms with van der Waals surface area (Å²) in [6, 6.07) is 1.83. The molecule has 0 aliphatic heterocycles. The third-order valence-electron chi connectivity index (χ3n) is 2.86. The SMILES string of the molecule is CCc1cc(O)c(C)c(CC)c1OC(C)(C)C. The number of aromatic hydroxyl groups is 1. The van der Waals surface area contributed by atoms with Crippen LogP contribution in [-0.2, 0) is 12.8 Å². The highest BCUT2D eigenvalue weighted by Crippen LogP contribution is 2.36. The molecule has 2 nitrogen and oxygen atoms in total. The van der Waals surface area contributed by atoms with Crippen molar-refractivity contribution in [1.29, 1.82) is 0 Å². The summed E-state index contributed by atoms with van der Waals surface area (Å²) < 4.78 is 6.07. The van der Waals surface area contributed by atoms with E-state index in [0.717, 1.165) is 35.3 Å². The van der Waals surface area contributed by atoms with Crippen LogP contribution in [0.3, 0.4) is 0 Å². The Hall–Kier alpha value is -1.18. The van der Waals surface area contributed by atoms with E-state index in [1.54, 1.807) is 0 Å². The lowest BCUT2D eigenvalue weighted by atomic mass is 9.98. The molecular weight excluding hydrogens is 212 g/mol. The second-order valence-electron chi connectivity index (χ2n) is 5.41. The summed E-state index contributed by atoms with van der Waals surface area (Å²) in [6.45, 7) is 12.3. The van der Waals surface area contributed by atoms with Crippen LogP contribution in [0.5, 0.6) is 11.5 Å². The first-order valence-electron chi connectivity index (χ1n) is 6.33. The summed E-state index contributed by atoms with van der Waals surface area (Å²) in [7, 11) is 0. The van der Waals surface area contributed by atoms with Crippen molar-refractivity contribution in [2.75, 3.05) is 0 Å². The van der Waals surface area contributed by atoms with Gasteiger partial charge in [-0.25, -0.2) is 0 Å². The van der Waals surface area contributed by atoms with Crippen molar-refractivity contribution >= 4 is 0 Å². The molecule has 0 aliphatic carbocycles. The van der Waals surface area contributed by atoms with Crippen LogP contribution >= 0.6 is 0 Å². The molecule has 1 rings (SSSR count). The number of phenols is 1. The van der Waals surface area contributed by atoms with Gasteiger partial charge in [0.15, 0.2) is 0 Å². The number of aryl methyl sites for hydroxylation is 1. The number of benzene rings is 1. The van der Waals surface area contributed by atoms with Crippen molar-refractivity contribution in [3.63, 3.8) is 0 Å². The smallest absolute Gasteiger partial charge is 0.126 e. The maximum Gasteiger partial charge on any atom is 0.126 e. The molecule has 96 valence electrons. The zero-order valence-electron chi connectivity index (χ0n) is 11.8. The summed E-state index contributed by atoms with van der Waals surface area (Å²) in [6.07, 6.45) is 1.74. The van der Waals surface area contributed by atoms with Crippen molar-refractivity contribution < 1.29 is 9.84 Å². The number of hydrogen-bond donors (Lipinski definition) is 1. The number of rotatable bonds is 3. The zero-order chi connectivity index (χ0) is 13.2. The van der Waals surface area contributed by atoms with E-state index in [0.29, 0.717) is 5.75 Å². The molecule has 2 heteroatoms. The van der Waals surface area contributed by atoms with E-state index in [4.69, 9.17) is 4.74 Å². The van der Waals surface area contributed by atoms with Crippen molar-refractivity contribution in [3.05, 3.63) is 22.8 Å². The molecule has 0 saturated heterocycles. The van der Waals surface area contributed by atoms with Crippen LogP contribution < -0.4 is 4.74 Å². The molecule has 0 fully saturated rings. The predicted molar refractivity (Wildman–Crippen MR) is 72.0 cm³/mol. The summed E-state index contributed by atoms with van der Waals surface area (Å²) in [4.78, 5) is 0. The van der Waals surface area contributed by atoms with Crippen LogP contribution in [0.4, 0.5) is 0 Å². The Morgan fingerprint density at radius 2 is 1.76 bits per heavy atom. The minimum Gasteiger partial charge on any atom is -0.508 e. The van der Waals surface area contributed by atoms with E-state index >= 15 is 0 Å². The average Bonchev–Trinajstić information content (AvgIpc) is 2.21. The molecule has 1 aromatic carbocycles.